The number of aryl methyl sites for hydroxylation is 1. The van der Waals surface area contributed by atoms with Crippen LogP contribution in [0.25, 0.3) is 0 Å². The number of nitrogens with one attached hydrogen (secondary N) is 3. The topological polar surface area (TPSA) is 160 Å². The van der Waals surface area contributed by atoms with Gasteiger partial charge in [-0.3, -0.25) is 15.1 Å². The molecule has 0 unspecified atom stereocenters. The molecular weight excluding hydrogens is 620 g/mol. The largest absolute Gasteiger partial charge is 0.378 e. The molecule has 1 saturated heterocycles. The number of urea groups is 1. The van der Waals surface area contributed by atoms with Gasteiger partial charge in [-0.1, -0.05) is 48.5 Å². The summed E-state index contributed by atoms with van der Waals surface area (Å²) in [6.07, 6.45) is 0.588. The van der Waals surface area contributed by atoms with Crippen molar-refractivity contribution in [1.82, 2.24) is 21.0 Å². The zero-order chi connectivity index (χ0) is 32.5. The van der Waals surface area contributed by atoms with E-state index in [0.29, 0.717) is 50.4 Å². The molecule has 0 bridgehead atoms. The van der Waals surface area contributed by atoms with E-state index in [1.165, 1.54) is 17.0 Å². The highest BCUT2D eigenvalue weighted by molar-refractivity contribution is 7.91. The zero-order valence-corrected chi connectivity index (χ0v) is 27.2. The third kappa shape index (κ3) is 10.3. The molecule has 0 spiro atoms. The van der Waals surface area contributed by atoms with Gasteiger partial charge in [-0.05, 0) is 56.4 Å². The van der Waals surface area contributed by atoms with Crippen molar-refractivity contribution in [2.24, 2.45) is 0 Å². The Morgan fingerprint density at radius 3 is 2.22 bits per heavy atom. The monoisotopic (exact) mass is 662 g/mol. The van der Waals surface area contributed by atoms with Crippen molar-refractivity contribution in [3.05, 3.63) is 77.5 Å². The minimum Gasteiger partial charge on any atom is -0.378 e. The number of allylic oxidation sites excluding steroid dienone is 1. The molecule has 2 aliphatic rings. The molecule has 1 fully saturated rings. The standard InChI is InChI=1S/C31H42N4O8S2/c1-23-28(24(2)43-34-23)21-44(38,39)22-29(33-31(37)35-16-18-42-19-17-35)30(36)32-26(14-13-25-9-5-3-6-10-25)15-20-45(40,41)27-11-7-4-8-12-27/h3-12,24,26,29,34H,13-22H2,1-2H3,(H,32,36)(H,33,37)/t24-,26-,29-/m0/s1. The predicted octanol–water partition coefficient (Wildman–Crippen LogP) is 1.99. The molecule has 0 aromatic heterocycles. The van der Waals surface area contributed by atoms with Crippen LogP contribution in [0.5, 0.6) is 0 Å². The minimum atomic E-state index is -3.91. The molecule has 14 heteroatoms. The molecule has 3 N–H and O–H groups in total. The molecule has 45 heavy (non-hydrogen) atoms. The Morgan fingerprint density at radius 2 is 1.60 bits per heavy atom. The lowest BCUT2D eigenvalue weighted by Gasteiger charge is -2.30. The van der Waals surface area contributed by atoms with Crippen molar-refractivity contribution in [1.29, 1.82) is 0 Å². The lowest BCUT2D eigenvalue weighted by atomic mass is 10.0. The smallest absolute Gasteiger partial charge is 0.318 e. The normalized spacial score (nSPS) is 18.6. The van der Waals surface area contributed by atoms with Crippen LogP contribution in [-0.4, -0.2) is 95.4 Å². The number of amides is 3. The van der Waals surface area contributed by atoms with Crippen LogP contribution in [0.15, 0.2) is 76.8 Å². The maximum atomic E-state index is 13.8. The van der Waals surface area contributed by atoms with Gasteiger partial charge in [0.25, 0.3) is 0 Å². The Kier molecular flexibility index (Phi) is 12.0. The van der Waals surface area contributed by atoms with Gasteiger partial charge in [0, 0.05) is 24.8 Å². The Morgan fingerprint density at radius 1 is 0.956 bits per heavy atom. The Labute approximate surface area is 265 Å². The Hall–Kier alpha value is -3.46. The first-order valence-electron chi connectivity index (χ1n) is 15.0. The number of carbonyl (C=O) groups excluding carboxylic acids is 2. The van der Waals surface area contributed by atoms with E-state index in [1.807, 2.05) is 30.3 Å². The van der Waals surface area contributed by atoms with Crippen LogP contribution in [0.3, 0.4) is 0 Å². The summed E-state index contributed by atoms with van der Waals surface area (Å²) in [4.78, 5) is 33.9. The highest BCUT2D eigenvalue weighted by Gasteiger charge is 2.33. The second-order valence-corrected chi connectivity index (χ2v) is 15.5. The molecule has 4 rings (SSSR count). The minimum absolute atomic E-state index is 0.0965. The summed E-state index contributed by atoms with van der Waals surface area (Å²) in [5.41, 5.74) is 4.82. The van der Waals surface area contributed by atoms with E-state index < -0.39 is 55.6 Å². The highest BCUT2D eigenvalue weighted by Crippen LogP contribution is 2.20. The number of sulfone groups is 2. The van der Waals surface area contributed by atoms with E-state index >= 15 is 0 Å². The fourth-order valence-electron chi connectivity index (χ4n) is 5.20. The fourth-order valence-corrected chi connectivity index (χ4v) is 8.39. The van der Waals surface area contributed by atoms with Gasteiger partial charge in [0.05, 0.1) is 35.4 Å². The van der Waals surface area contributed by atoms with Crippen LogP contribution in [0, 0.1) is 0 Å². The fraction of sp³-hybridized carbons (Fsp3) is 0.484. The van der Waals surface area contributed by atoms with Crippen molar-refractivity contribution in [3.63, 3.8) is 0 Å². The molecule has 246 valence electrons. The van der Waals surface area contributed by atoms with Gasteiger partial charge in [0.2, 0.25) is 5.91 Å². The highest BCUT2D eigenvalue weighted by atomic mass is 32.2. The summed E-state index contributed by atoms with van der Waals surface area (Å²) in [6, 6.07) is 15.0. The molecule has 2 aromatic carbocycles. The SMILES string of the molecule is CC1=C(CS(=O)(=O)C[C@H](NC(=O)N2CCOCC2)C(=O)N[C@@H](CCc2ccccc2)CCS(=O)(=O)c2ccccc2)[C@H](C)ON1. The predicted molar refractivity (Wildman–Crippen MR) is 170 cm³/mol. The second kappa shape index (κ2) is 15.7. The van der Waals surface area contributed by atoms with Gasteiger partial charge in [0.1, 0.15) is 12.1 Å². The molecule has 0 aliphatic carbocycles. The zero-order valence-electron chi connectivity index (χ0n) is 25.6. The maximum absolute atomic E-state index is 13.8. The first-order valence-corrected chi connectivity index (χ1v) is 18.5. The Balaban J connectivity index is 1.53. The summed E-state index contributed by atoms with van der Waals surface area (Å²) < 4.78 is 58.3. The van der Waals surface area contributed by atoms with Crippen molar-refractivity contribution in [3.8, 4) is 0 Å². The van der Waals surface area contributed by atoms with E-state index in [9.17, 15) is 26.4 Å². The second-order valence-electron chi connectivity index (χ2n) is 11.3. The van der Waals surface area contributed by atoms with Crippen LogP contribution in [0.2, 0.25) is 0 Å². The summed E-state index contributed by atoms with van der Waals surface area (Å²) in [5.74, 6) is -1.92. The quantitative estimate of drug-likeness (QED) is 0.275. The van der Waals surface area contributed by atoms with E-state index in [1.54, 1.807) is 32.0 Å². The molecular formula is C31H42N4O8S2. The lowest BCUT2D eigenvalue weighted by molar-refractivity contribution is -0.123. The molecule has 0 saturated carbocycles. The van der Waals surface area contributed by atoms with Crippen molar-refractivity contribution in [2.75, 3.05) is 43.6 Å². The number of rotatable bonds is 14. The van der Waals surface area contributed by atoms with Crippen molar-refractivity contribution >= 4 is 31.6 Å². The molecule has 3 amide bonds. The molecule has 3 atom stereocenters. The van der Waals surface area contributed by atoms with Crippen LogP contribution in [-0.2, 0) is 40.5 Å². The van der Waals surface area contributed by atoms with E-state index in [2.05, 4.69) is 16.1 Å². The maximum Gasteiger partial charge on any atom is 0.318 e. The van der Waals surface area contributed by atoms with E-state index in [-0.39, 0.29) is 22.8 Å². The number of ether oxygens (including phenoxy) is 1. The average molecular weight is 663 g/mol. The molecule has 2 aliphatic heterocycles. The van der Waals surface area contributed by atoms with Crippen LogP contribution < -0.4 is 16.1 Å². The van der Waals surface area contributed by atoms with Crippen LogP contribution >= 0.6 is 0 Å². The average Bonchev–Trinajstić information content (AvgIpc) is 3.34. The first kappa shape index (κ1) is 34.4. The first-order chi connectivity index (χ1) is 21.4. The van der Waals surface area contributed by atoms with Crippen LogP contribution in [0.1, 0.15) is 32.3 Å². The lowest BCUT2D eigenvalue weighted by Crippen LogP contribution is -2.57. The van der Waals surface area contributed by atoms with Gasteiger partial charge in [-0.25, -0.2) is 21.6 Å². The molecule has 2 aromatic rings. The van der Waals surface area contributed by atoms with Gasteiger partial charge in [-0.2, -0.15) is 0 Å². The number of hydrogen-bond acceptors (Lipinski definition) is 9. The van der Waals surface area contributed by atoms with Crippen LogP contribution in [0.4, 0.5) is 4.79 Å². The number of carbonyl (C=O) groups is 2. The summed E-state index contributed by atoms with van der Waals surface area (Å²) in [7, 11) is -7.55. The molecule has 12 nitrogen and oxygen atoms in total. The third-order valence-corrected chi connectivity index (χ3v) is 11.2. The number of hydroxylamine groups is 1. The Bertz CT molecular complexity index is 1540. The summed E-state index contributed by atoms with van der Waals surface area (Å²) in [6.45, 7) is 4.70. The van der Waals surface area contributed by atoms with E-state index in [0.717, 1.165) is 5.56 Å². The third-order valence-electron chi connectivity index (χ3n) is 7.88. The summed E-state index contributed by atoms with van der Waals surface area (Å²) >= 11 is 0. The van der Waals surface area contributed by atoms with Gasteiger partial charge >= 0.3 is 6.03 Å². The van der Waals surface area contributed by atoms with Gasteiger partial charge in [0.15, 0.2) is 19.7 Å². The number of morpholine rings is 1. The number of hydrogen-bond donors (Lipinski definition) is 3. The van der Waals surface area contributed by atoms with Crippen molar-refractivity contribution < 1.29 is 36.0 Å². The van der Waals surface area contributed by atoms with E-state index in [4.69, 9.17) is 9.57 Å². The molecule has 0 radical (unpaired) electrons. The van der Waals surface area contributed by atoms with Crippen molar-refractivity contribution in [2.45, 2.75) is 56.2 Å². The summed E-state index contributed by atoms with van der Waals surface area (Å²) in [5, 5.41) is 5.51. The molecule has 2 heterocycles. The number of benzene rings is 2. The number of nitrogens with zero attached hydrogens (tertiary/aromatic N) is 1. The van der Waals surface area contributed by atoms with Gasteiger partial charge in [-0.15, -0.1) is 0 Å². The van der Waals surface area contributed by atoms with Gasteiger partial charge < -0.3 is 20.3 Å².